The van der Waals surface area contributed by atoms with Crippen LogP contribution in [0.2, 0.25) is 0 Å². The molecule has 4 heteroatoms. The largest absolute Gasteiger partial charge is 0.480 e. The fraction of sp³-hybridized carbons (Fsp3) is 0.533. The Balaban J connectivity index is 2.30. The first-order valence-electron chi connectivity index (χ1n) is 6.51. The van der Waals surface area contributed by atoms with Gasteiger partial charge < -0.3 is 10.4 Å². The summed E-state index contributed by atoms with van der Waals surface area (Å²) in [5.74, 6) is -1.21. The summed E-state index contributed by atoms with van der Waals surface area (Å²) in [6, 6.07) is 4.55. The quantitative estimate of drug-likeness (QED) is 0.878. The van der Waals surface area contributed by atoms with Gasteiger partial charge in [-0.2, -0.15) is 0 Å². The van der Waals surface area contributed by atoms with Crippen molar-refractivity contribution in [2.75, 3.05) is 5.32 Å². The zero-order valence-corrected chi connectivity index (χ0v) is 11.6. The summed E-state index contributed by atoms with van der Waals surface area (Å²) in [7, 11) is 0. The molecule has 0 aliphatic heterocycles. The van der Waals surface area contributed by atoms with E-state index in [4.69, 9.17) is 0 Å². The third-order valence-corrected chi connectivity index (χ3v) is 3.84. The van der Waals surface area contributed by atoms with Crippen molar-refractivity contribution < 1.29 is 14.3 Å². The van der Waals surface area contributed by atoms with Gasteiger partial charge in [0.1, 0.15) is 11.4 Å². The Morgan fingerprint density at radius 2 is 2.00 bits per heavy atom. The van der Waals surface area contributed by atoms with Crippen LogP contribution in [0.1, 0.15) is 38.7 Å². The van der Waals surface area contributed by atoms with Crippen molar-refractivity contribution in [3.05, 3.63) is 29.6 Å². The molecule has 1 aromatic carbocycles. The second kappa shape index (κ2) is 4.51. The molecule has 1 aliphatic carbocycles. The molecule has 3 nitrogen and oxygen atoms in total. The summed E-state index contributed by atoms with van der Waals surface area (Å²) >= 11 is 0. The van der Waals surface area contributed by atoms with E-state index in [1.54, 1.807) is 13.0 Å². The van der Waals surface area contributed by atoms with Crippen LogP contribution >= 0.6 is 0 Å². The van der Waals surface area contributed by atoms with Gasteiger partial charge in [0, 0.05) is 5.69 Å². The van der Waals surface area contributed by atoms with Gasteiger partial charge in [-0.05, 0) is 55.4 Å². The molecular weight excluding hydrogens is 245 g/mol. The monoisotopic (exact) mass is 265 g/mol. The summed E-state index contributed by atoms with van der Waals surface area (Å²) in [5.41, 5.74) is 0.329. The Labute approximate surface area is 112 Å². The number of aryl methyl sites for hydroxylation is 1. The lowest BCUT2D eigenvalue weighted by Crippen LogP contribution is -2.44. The van der Waals surface area contributed by atoms with Crippen LogP contribution in [0.5, 0.6) is 0 Å². The average Bonchev–Trinajstić information content (AvgIpc) is 2.53. The first kappa shape index (κ1) is 13.8. The molecule has 1 saturated carbocycles. The van der Waals surface area contributed by atoms with E-state index < -0.39 is 11.5 Å². The van der Waals surface area contributed by atoms with Crippen LogP contribution < -0.4 is 5.32 Å². The molecule has 0 amide bonds. The van der Waals surface area contributed by atoms with Crippen LogP contribution in [0, 0.1) is 18.2 Å². The van der Waals surface area contributed by atoms with Gasteiger partial charge in [0.15, 0.2) is 0 Å². The smallest absolute Gasteiger partial charge is 0.329 e. The van der Waals surface area contributed by atoms with Crippen LogP contribution in [0.15, 0.2) is 18.2 Å². The maximum atomic E-state index is 13.4. The highest BCUT2D eigenvalue weighted by Crippen LogP contribution is 2.45. The summed E-state index contributed by atoms with van der Waals surface area (Å²) < 4.78 is 13.4. The first-order chi connectivity index (χ1) is 8.72. The minimum atomic E-state index is -0.982. The van der Waals surface area contributed by atoms with Gasteiger partial charge >= 0.3 is 5.97 Å². The Morgan fingerprint density at radius 1 is 1.32 bits per heavy atom. The minimum absolute atomic E-state index is 0.00619. The second-order valence-electron chi connectivity index (χ2n) is 6.37. The molecule has 0 spiro atoms. The molecule has 0 aromatic heterocycles. The lowest BCUT2D eigenvalue weighted by atomic mass is 9.87. The van der Waals surface area contributed by atoms with Gasteiger partial charge in [-0.15, -0.1) is 0 Å². The van der Waals surface area contributed by atoms with Crippen LogP contribution in [0.25, 0.3) is 0 Å². The van der Waals surface area contributed by atoms with Crippen molar-refractivity contribution in [3.8, 4) is 0 Å². The maximum Gasteiger partial charge on any atom is 0.329 e. The van der Waals surface area contributed by atoms with E-state index in [0.29, 0.717) is 18.5 Å². The van der Waals surface area contributed by atoms with E-state index in [2.05, 4.69) is 19.2 Å². The lowest BCUT2D eigenvalue weighted by molar-refractivity contribution is -0.142. The van der Waals surface area contributed by atoms with Gasteiger partial charge in [0.05, 0.1) is 0 Å². The fourth-order valence-electron chi connectivity index (χ4n) is 2.97. The molecule has 1 aliphatic rings. The summed E-state index contributed by atoms with van der Waals surface area (Å²) in [5, 5.41) is 12.6. The molecule has 2 rings (SSSR count). The van der Waals surface area contributed by atoms with Gasteiger partial charge in [0.2, 0.25) is 0 Å². The normalized spacial score (nSPS) is 25.3. The molecule has 0 heterocycles. The van der Waals surface area contributed by atoms with Crippen LogP contribution in [0.4, 0.5) is 10.1 Å². The highest BCUT2D eigenvalue weighted by atomic mass is 19.1. The van der Waals surface area contributed by atoms with Crippen molar-refractivity contribution in [2.24, 2.45) is 5.41 Å². The summed E-state index contributed by atoms with van der Waals surface area (Å²) in [4.78, 5) is 11.6. The third kappa shape index (κ3) is 2.88. The highest BCUT2D eigenvalue weighted by Gasteiger charge is 2.48. The average molecular weight is 265 g/mol. The predicted molar refractivity (Wildman–Crippen MR) is 72.8 cm³/mol. The molecule has 0 radical (unpaired) electrons. The number of nitrogens with one attached hydrogen (secondary N) is 1. The Morgan fingerprint density at radius 3 is 2.47 bits per heavy atom. The van der Waals surface area contributed by atoms with E-state index in [-0.39, 0.29) is 11.2 Å². The molecular formula is C15H20FNO2. The Bertz CT molecular complexity index is 493. The molecule has 1 atom stereocenters. The summed E-state index contributed by atoms with van der Waals surface area (Å²) in [6.07, 6.45) is 1.95. The Kier molecular flexibility index (Phi) is 3.29. The second-order valence-corrected chi connectivity index (χ2v) is 6.37. The zero-order valence-electron chi connectivity index (χ0n) is 11.6. The van der Waals surface area contributed by atoms with Gasteiger partial charge in [-0.25, -0.2) is 9.18 Å². The number of carboxylic acid groups (broad SMARTS) is 1. The van der Waals surface area contributed by atoms with Crippen molar-refractivity contribution in [2.45, 2.75) is 45.6 Å². The molecule has 0 bridgehead atoms. The fourth-order valence-corrected chi connectivity index (χ4v) is 2.97. The molecule has 19 heavy (non-hydrogen) atoms. The predicted octanol–water partition coefficient (Wildman–Crippen LogP) is 3.58. The number of carbonyl (C=O) groups is 1. The molecule has 104 valence electrons. The van der Waals surface area contributed by atoms with Crippen LogP contribution in [0.3, 0.4) is 0 Å². The minimum Gasteiger partial charge on any atom is -0.480 e. The number of hydrogen-bond donors (Lipinski definition) is 2. The molecule has 0 saturated heterocycles. The van der Waals surface area contributed by atoms with Crippen molar-refractivity contribution in [1.29, 1.82) is 0 Å². The number of carboxylic acids is 1. The summed E-state index contributed by atoms with van der Waals surface area (Å²) in [6.45, 7) is 5.92. The van der Waals surface area contributed by atoms with E-state index in [9.17, 15) is 14.3 Å². The SMILES string of the molecule is Cc1cc(F)cc(NC2(C(=O)O)CCC(C)(C)C2)c1. The molecule has 1 fully saturated rings. The zero-order chi connectivity index (χ0) is 14.3. The van der Waals surface area contributed by atoms with Crippen molar-refractivity contribution in [3.63, 3.8) is 0 Å². The van der Waals surface area contributed by atoms with Crippen LogP contribution in [-0.2, 0) is 4.79 Å². The van der Waals surface area contributed by atoms with E-state index in [0.717, 1.165) is 12.0 Å². The number of hydrogen-bond acceptors (Lipinski definition) is 2. The topological polar surface area (TPSA) is 49.3 Å². The number of benzene rings is 1. The van der Waals surface area contributed by atoms with E-state index in [1.807, 2.05) is 0 Å². The van der Waals surface area contributed by atoms with Crippen molar-refractivity contribution >= 4 is 11.7 Å². The van der Waals surface area contributed by atoms with Crippen LogP contribution in [-0.4, -0.2) is 16.6 Å². The number of aliphatic carboxylic acids is 1. The first-order valence-corrected chi connectivity index (χ1v) is 6.51. The maximum absolute atomic E-state index is 13.4. The van der Waals surface area contributed by atoms with E-state index >= 15 is 0 Å². The third-order valence-electron chi connectivity index (χ3n) is 3.84. The molecule has 2 N–H and O–H groups in total. The van der Waals surface area contributed by atoms with Gasteiger partial charge in [0.25, 0.3) is 0 Å². The number of anilines is 1. The number of halogens is 1. The molecule has 1 unspecified atom stereocenters. The highest BCUT2D eigenvalue weighted by molar-refractivity contribution is 5.83. The van der Waals surface area contributed by atoms with Gasteiger partial charge in [-0.3, -0.25) is 0 Å². The molecule has 1 aromatic rings. The van der Waals surface area contributed by atoms with E-state index in [1.165, 1.54) is 12.1 Å². The van der Waals surface area contributed by atoms with Crippen molar-refractivity contribution in [1.82, 2.24) is 0 Å². The standard InChI is InChI=1S/C15H20FNO2/c1-10-6-11(16)8-12(7-10)17-15(13(18)19)5-4-14(2,3)9-15/h6-8,17H,4-5,9H2,1-3H3,(H,18,19). The number of rotatable bonds is 3. The van der Waals surface area contributed by atoms with Gasteiger partial charge in [-0.1, -0.05) is 13.8 Å². The lowest BCUT2D eigenvalue weighted by Gasteiger charge is -2.29. The Hall–Kier alpha value is -1.58.